The molecule has 0 spiro atoms. The Hall–Kier alpha value is -1.34. The van der Waals surface area contributed by atoms with Gasteiger partial charge in [0.1, 0.15) is 12.4 Å². The van der Waals surface area contributed by atoms with E-state index in [9.17, 15) is 0 Å². The van der Waals surface area contributed by atoms with Gasteiger partial charge < -0.3 is 0 Å². The minimum atomic E-state index is 0.441. The van der Waals surface area contributed by atoms with E-state index in [0.29, 0.717) is 5.41 Å². The zero-order valence-electron chi connectivity index (χ0n) is 10.5. The maximum absolute atomic E-state index is 2.34. The number of quaternary nitrogens is 1. The molecule has 1 aliphatic heterocycles. The summed E-state index contributed by atoms with van der Waals surface area (Å²) in [5.74, 6) is 0. The van der Waals surface area contributed by atoms with Crippen molar-refractivity contribution in [1.29, 1.82) is 0 Å². The summed E-state index contributed by atoms with van der Waals surface area (Å²) < 4.78 is 1.02. The van der Waals surface area contributed by atoms with Crippen LogP contribution in [0.2, 0.25) is 0 Å². The smallest absolute Gasteiger partial charge is 0.101 e. The van der Waals surface area contributed by atoms with Gasteiger partial charge in [-0.1, -0.05) is 30.3 Å². The van der Waals surface area contributed by atoms with Crippen LogP contribution < -0.4 is 0 Å². The number of rotatable bonds is 4. The van der Waals surface area contributed by atoms with E-state index in [-0.39, 0.29) is 0 Å². The van der Waals surface area contributed by atoms with E-state index in [0.717, 1.165) is 11.0 Å². The average molecular weight is 226 g/mol. The second kappa shape index (κ2) is 3.85. The monoisotopic (exact) mass is 226 g/mol. The zero-order valence-corrected chi connectivity index (χ0v) is 10.5. The molecule has 1 fully saturated rings. The highest BCUT2D eigenvalue weighted by Gasteiger charge is 2.50. The number of likely N-dealkylation sites (N-methyl/N-ethyl adjacent to an activating group) is 1. The standard InChI is InChI=1S/C16H20N/c1-2-17(12-6-7-13-17)14-16(10-11-16)15-8-4-3-5-9-15/h3-9,12-13H,2,10-11,14H2,1H3/q+1. The SMILES string of the molecule is CC[N+]1(CC2(c3ccccc3)CC2)C=CC=C1. The molecule has 0 radical (unpaired) electrons. The summed E-state index contributed by atoms with van der Waals surface area (Å²) in [5, 5.41) is 0. The molecule has 2 aliphatic rings. The van der Waals surface area contributed by atoms with Crippen LogP contribution in [0.4, 0.5) is 0 Å². The topological polar surface area (TPSA) is 0 Å². The van der Waals surface area contributed by atoms with Gasteiger partial charge in [0.05, 0.1) is 13.1 Å². The molecule has 0 saturated heterocycles. The lowest BCUT2D eigenvalue weighted by atomic mass is 9.94. The van der Waals surface area contributed by atoms with Gasteiger partial charge in [0.2, 0.25) is 0 Å². The largest absolute Gasteiger partial charge is 0.271 e. The number of hydrogen-bond acceptors (Lipinski definition) is 0. The Labute approximate surface area is 104 Å². The molecule has 0 unspecified atom stereocenters. The fourth-order valence-electron chi connectivity index (χ4n) is 2.96. The number of nitrogens with zero attached hydrogens (tertiary/aromatic N) is 1. The second-order valence-electron chi connectivity index (χ2n) is 5.41. The van der Waals surface area contributed by atoms with E-state index >= 15 is 0 Å². The quantitative estimate of drug-likeness (QED) is 0.688. The molecule has 88 valence electrons. The predicted octanol–water partition coefficient (Wildman–Crippen LogP) is 3.60. The molecule has 0 amide bonds. The third-order valence-electron chi connectivity index (χ3n) is 4.30. The highest BCUT2D eigenvalue weighted by atomic mass is 15.3. The van der Waals surface area contributed by atoms with Crippen LogP contribution in [0.1, 0.15) is 25.3 Å². The maximum Gasteiger partial charge on any atom is 0.101 e. The average Bonchev–Trinajstić information content (AvgIpc) is 3.01. The minimum absolute atomic E-state index is 0.441. The fourth-order valence-corrected chi connectivity index (χ4v) is 2.96. The molecule has 1 heterocycles. The third-order valence-corrected chi connectivity index (χ3v) is 4.30. The molecule has 0 bridgehead atoms. The van der Waals surface area contributed by atoms with Crippen LogP contribution in [0, 0.1) is 0 Å². The van der Waals surface area contributed by atoms with Crippen LogP contribution in [0.3, 0.4) is 0 Å². The normalized spacial score (nSPS) is 22.9. The molecular weight excluding hydrogens is 206 g/mol. The van der Waals surface area contributed by atoms with Crippen molar-refractivity contribution in [2.24, 2.45) is 0 Å². The van der Waals surface area contributed by atoms with E-state index in [1.54, 1.807) is 0 Å². The summed E-state index contributed by atoms with van der Waals surface area (Å²) in [6.45, 7) is 4.66. The number of allylic oxidation sites excluding steroid dienone is 2. The first-order chi connectivity index (χ1) is 8.29. The van der Waals surface area contributed by atoms with Crippen LogP contribution in [0.15, 0.2) is 54.9 Å². The molecular formula is C16H20N+. The van der Waals surface area contributed by atoms with Crippen LogP contribution in [-0.4, -0.2) is 17.6 Å². The van der Waals surface area contributed by atoms with Gasteiger partial charge in [0, 0.05) is 5.41 Å². The van der Waals surface area contributed by atoms with Gasteiger partial charge in [0.15, 0.2) is 0 Å². The summed E-state index contributed by atoms with van der Waals surface area (Å²) >= 11 is 0. The Kier molecular flexibility index (Phi) is 2.44. The summed E-state index contributed by atoms with van der Waals surface area (Å²) in [4.78, 5) is 0. The Morgan fingerprint density at radius 1 is 1.06 bits per heavy atom. The van der Waals surface area contributed by atoms with Gasteiger partial charge in [-0.15, -0.1) is 0 Å². The highest BCUT2D eigenvalue weighted by Crippen LogP contribution is 2.50. The minimum Gasteiger partial charge on any atom is -0.271 e. The molecule has 0 atom stereocenters. The van der Waals surface area contributed by atoms with E-state index in [1.165, 1.54) is 24.9 Å². The predicted molar refractivity (Wildman–Crippen MR) is 71.3 cm³/mol. The van der Waals surface area contributed by atoms with Crippen molar-refractivity contribution in [2.75, 3.05) is 13.1 Å². The Morgan fingerprint density at radius 3 is 2.24 bits per heavy atom. The fraction of sp³-hybridized carbons (Fsp3) is 0.375. The first kappa shape index (κ1) is 10.8. The summed E-state index contributed by atoms with van der Waals surface area (Å²) in [5.41, 5.74) is 1.97. The molecule has 1 heteroatoms. The van der Waals surface area contributed by atoms with Crippen molar-refractivity contribution in [3.63, 3.8) is 0 Å². The number of hydrogen-bond donors (Lipinski definition) is 0. The Bertz CT molecular complexity index is 440. The lowest BCUT2D eigenvalue weighted by Crippen LogP contribution is -2.42. The Morgan fingerprint density at radius 2 is 1.71 bits per heavy atom. The second-order valence-corrected chi connectivity index (χ2v) is 5.41. The van der Waals surface area contributed by atoms with Gasteiger partial charge in [-0.25, -0.2) is 0 Å². The third kappa shape index (κ3) is 1.85. The van der Waals surface area contributed by atoms with Gasteiger partial charge >= 0.3 is 0 Å². The molecule has 1 nitrogen and oxygen atoms in total. The van der Waals surface area contributed by atoms with Gasteiger partial charge in [-0.3, -0.25) is 4.48 Å². The molecule has 1 saturated carbocycles. The summed E-state index contributed by atoms with van der Waals surface area (Å²) in [7, 11) is 0. The molecule has 1 aromatic rings. The van der Waals surface area contributed by atoms with Crippen LogP contribution in [0.25, 0.3) is 0 Å². The van der Waals surface area contributed by atoms with Crippen LogP contribution >= 0.6 is 0 Å². The van der Waals surface area contributed by atoms with Gasteiger partial charge in [-0.05, 0) is 37.5 Å². The van der Waals surface area contributed by atoms with Crippen molar-refractivity contribution in [2.45, 2.75) is 25.2 Å². The lowest BCUT2D eigenvalue weighted by Gasteiger charge is -2.32. The van der Waals surface area contributed by atoms with Crippen molar-refractivity contribution in [1.82, 2.24) is 0 Å². The molecule has 3 rings (SSSR count). The van der Waals surface area contributed by atoms with Gasteiger partial charge in [0.25, 0.3) is 0 Å². The maximum atomic E-state index is 2.34. The van der Waals surface area contributed by atoms with Crippen LogP contribution in [-0.2, 0) is 5.41 Å². The molecule has 0 aromatic heterocycles. The van der Waals surface area contributed by atoms with Crippen molar-refractivity contribution >= 4 is 0 Å². The molecule has 17 heavy (non-hydrogen) atoms. The van der Waals surface area contributed by atoms with E-state index < -0.39 is 0 Å². The zero-order chi connectivity index (χ0) is 11.8. The molecule has 1 aliphatic carbocycles. The summed E-state index contributed by atoms with van der Waals surface area (Å²) in [6.07, 6.45) is 11.7. The lowest BCUT2D eigenvalue weighted by molar-refractivity contribution is -0.826. The highest BCUT2D eigenvalue weighted by molar-refractivity contribution is 5.31. The Balaban J connectivity index is 1.86. The van der Waals surface area contributed by atoms with Gasteiger partial charge in [-0.2, -0.15) is 0 Å². The van der Waals surface area contributed by atoms with Crippen LogP contribution in [0.5, 0.6) is 0 Å². The van der Waals surface area contributed by atoms with Crippen molar-refractivity contribution in [3.05, 3.63) is 60.4 Å². The van der Waals surface area contributed by atoms with E-state index in [4.69, 9.17) is 0 Å². The molecule has 1 aromatic carbocycles. The van der Waals surface area contributed by atoms with E-state index in [2.05, 4.69) is 61.8 Å². The first-order valence-corrected chi connectivity index (χ1v) is 6.58. The summed E-state index contributed by atoms with van der Waals surface area (Å²) in [6, 6.07) is 11.0. The first-order valence-electron chi connectivity index (χ1n) is 6.58. The number of benzene rings is 1. The van der Waals surface area contributed by atoms with Crippen molar-refractivity contribution < 1.29 is 4.48 Å². The van der Waals surface area contributed by atoms with Crippen molar-refractivity contribution in [3.8, 4) is 0 Å². The molecule has 0 N–H and O–H groups in total. The van der Waals surface area contributed by atoms with E-state index in [1.807, 2.05) is 0 Å².